The lowest BCUT2D eigenvalue weighted by molar-refractivity contribution is 0.198. The van der Waals surface area contributed by atoms with Crippen LogP contribution in [-0.4, -0.2) is 12.1 Å². The molecule has 0 bridgehead atoms. The summed E-state index contributed by atoms with van der Waals surface area (Å²) in [6.45, 7) is -3.38. The van der Waals surface area contributed by atoms with Crippen LogP contribution >= 0.6 is 0 Å². The number of hydrogen-bond acceptors (Lipinski definition) is 1. The first-order valence-electron chi connectivity index (χ1n) is 4.37. The Kier molecular flexibility index (Phi) is 3.21. The predicted molar refractivity (Wildman–Crippen MR) is 49.9 cm³/mol. The molecule has 1 unspecified atom stereocenters. The number of hydrogen-bond donors (Lipinski definition) is 1. The molecule has 0 aliphatic rings. The molecule has 0 aliphatic heterocycles. The zero-order valence-corrected chi connectivity index (χ0v) is 7.75. The lowest BCUT2D eigenvalue weighted by Gasteiger charge is -2.17. The van der Waals surface area contributed by atoms with E-state index in [2.05, 4.69) is 0 Å². The van der Waals surface area contributed by atoms with Crippen LogP contribution in [-0.2, 0) is 6.32 Å². The lowest BCUT2D eigenvalue weighted by atomic mass is 9.79. The van der Waals surface area contributed by atoms with Crippen LogP contribution in [0.4, 0.5) is 12.9 Å². The summed E-state index contributed by atoms with van der Waals surface area (Å²) in [5.41, 5.74) is 0.515. The zero-order chi connectivity index (χ0) is 10.8. The molecule has 0 saturated carbocycles. The highest BCUT2D eigenvalue weighted by Crippen LogP contribution is 2.23. The molecule has 1 N–H and O–H groups in total. The summed E-state index contributed by atoms with van der Waals surface area (Å²) in [6, 6.07) is 6.08. The van der Waals surface area contributed by atoms with Crippen LogP contribution in [0, 0.1) is 0 Å². The minimum absolute atomic E-state index is 0.162. The summed E-state index contributed by atoms with van der Waals surface area (Å²) in [7, 11) is 0. The Morgan fingerprint density at radius 3 is 2.36 bits per heavy atom. The third-order valence-corrected chi connectivity index (χ3v) is 1.96. The van der Waals surface area contributed by atoms with E-state index in [9.17, 15) is 18.1 Å². The average molecular weight is 203 g/mol. The largest absolute Gasteiger partial charge is 0.482 e. The van der Waals surface area contributed by atoms with Crippen LogP contribution in [0.5, 0.6) is 0 Å². The van der Waals surface area contributed by atoms with Crippen molar-refractivity contribution in [3.05, 3.63) is 35.4 Å². The predicted octanol–water partition coefficient (Wildman–Crippen LogP) is 2.67. The van der Waals surface area contributed by atoms with Gasteiger partial charge in [0.05, 0.1) is 6.10 Å². The fourth-order valence-corrected chi connectivity index (χ4v) is 1.38. The quantitative estimate of drug-likeness (QED) is 0.748. The monoisotopic (exact) mass is 203 g/mol. The van der Waals surface area contributed by atoms with E-state index in [0.29, 0.717) is 5.56 Å². The molecule has 0 heterocycles. The maximum Gasteiger partial charge on any atom is 0.482 e. The van der Waals surface area contributed by atoms with Gasteiger partial charge in [-0.05, 0) is 12.5 Å². The first kappa shape index (κ1) is 11.1. The minimum Gasteiger partial charge on any atom is -0.449 e. The summed E-state index contributed by atoms with van der Waals surface area (Å²) >= 11 is 0. The molecule has 0 saturated heterocycles. The molecule has 0 aromatic heterocycles. The first-order valence-corrected chi connectivity index (χ1v) is 4.37. The summed E-state index contributed by atoms with van der Waals surface area (Å²) in [4.78, 5) is 0. The van der Waals surface area contributed by atoms with Crippen molar-refractivity contribution < 1.29 is 18.1 Å². The van der Waals surface area contributed by atoms with E-state index >= 15 is 0 Å². The van der Waals surface area contributed by atoms with E-state index < -0.39 is 19.4 Å². The van der Waals surface area contributed by atoms with Gasteiger partial charge in [-0.3, -0.25) is 0 Å². The average Bonchev–Trinajstić information content (AvgIpc) is 2.01. The van der Waals surface area contributed by atoms with Gasteiger partial charge >= 0.3 is 6.98 Å². The van der Waals surface area contributed by atoms with E-state index in [1.807, 2.05) is 0 Å². The zero-order valence-electron chi connectivity index (χ0n) is 7.75. The Morgan fingerprint density at radius 1 is 1.29 bits per heavy atom. The Labute approximate surface area is 80.6 Å². The first-order chi connectivity index (χ1) is 6.40. The number of rotatable bonds is 3. The van der Waals surface area contributed by atoms with Gasteiger partial charge < -0.3 is 18.1 Å². The van der Waals surface area contributed by atoms with Crippen LogP contribution < -0.4 is 0 Å². The molecule has 0 aliphatic carbocycles. The summed E-state index contributed by atoms with van der Waals surface area (Å²) in [5.74, 6) is 0. The molecule has 1 atom stereocenters. The summed E-state index contributed by atoms with van der Waals surface area (Å²) in [6.07, 6.45) is -1.79. The maximum absolute atomic E-state index is 12.2. The molecule has 5 heteroatoms. The van der Waals surface area contributed by atoms with Gasteiger partial charge in [0.25, 0.3) is 0 Å². The van der Waals surface area contributed by atoms with Crippen molar-refractivity contribution in [2.24, 2.45) is 0 Å². The molecule has 1 aromatic carbocycles. The van der Waals surface area contributed by atoms with Gasteiger partial charge in [-0.15, -0.1) is 0 Å². The Balaban J connectivity index is 2.96. The van der Waals surface area contributed by atoms with Gasteiger partial charge in [0.15, 0.2) is 0 Å². The van der Waals surface area contributed by atoms with E-state index in [-0.39, 0.29) is 5.56 Å². The number of aliphatic hydroxyl groups is 1. The Morgan fingerprint density at radius 2 is 1.86 bits per heavy atom. The van der Waals surface area contributed by atoms with Crippen LogP contribution in [0.3, 0.4) is 0 Å². The van der Waals surface area contributed by atoms with Gasteiger partial charge in [0.2, 0.25) is 0 Å². The fraction of sp³-hybridized carbons (Fsp3) is 0.333. The highest BCUT2D eigenvalue weighted by molar-refractivity contribution is 6.57. The van der Waals surface area contributed by atoms with E-state index in [4.69, 9.17) is 0 Å². The Bertz CT molecular complexity index is 309. The van der Waals surface area contributed by atoms with Crippen LogP contribution in [0.15, 0.2) is 24.3 Å². The van der Waals surface area contributed by atoms with Crippen molar-refractivity contribution in [1.29, 1.82) is 0 Å². The Hall–Kier alpha value is -0.965. The van der Waals surface area contributed by atoms with E-state index in [1.165, 1.54) is 19.1 Å². The SMILES string of the molecule is CC(O)c1ccccc1C[B-](F)(F)F. The molecule has 1 rings (SSSR count). The van der Waals surface area contributed by atoms with Gasteiger partial charge in [0.1, 0.15) is 0 Å². The molecule has 0 radical (unpaired) electrons. The van der Waals surface area contributed by atoms with E-state index in [0.717, 1.165) is 0 Å². The van der Waals surface area contributed by atoms with Crippen molar-refractivity contribution in [2.45, 2.75) is 19.3 Å². The number of aliphatic hydroxyl groups excluding tert-OH is 1. The van der Waals surface area contributed by atoms with Crippen molar-refractivity contribution >= 4 is 6.98 Å². The second-order valence-electron chi connectivity index (χ2n) is 3.29. The van der Waals surface area contributed by atoms with Crippen LogP contribution in [0.2, 0.25) is 0 Å². The second kappa shape index (κ2) is 4.04. The van der Waals surface area contributed by atoms with E-state index in [1.54, 1.807) is 12.1 Å². The molecular formula is C9H11BF3O-. The van der Waals surface area contributed by atoms with Crippen LogP contribution in [0.1, 0.15) is 24.2 Å². The number of benzene rings is 1. The topological polar surface area (TPSA) is 20.2 Å². The van der Waals surface area contributed by atoms with Crippen molar-refractivity contribution in [3.8, 4) is 0 Å². The third kappa shape index (κ3) is 3.07. The molecule has 1 aromatic rings. The highest BCUT2D eigenvalue weighted by Gasteiger charge is 2.24. The van der Waals surface area contributed by atoms with Crippen molar-refractivity contribution in [3.63, 3.8) is 0 Å². The highest BCUT2D eigenvalue weighted by atomic mass is 19.4. The molecule has 1 nitrogen and oxygen atoms in total. The van der Waals surface area contributed by atoms with Gasteiger partial charge in [-0.1, -0.05) is 36.1 Å². The third-order valence-electron chi connectivity index (χ3n) is 1.96. The van der Waals surface area contributed by atoms with Gasteiger partial charge in [-0.2, -0.15) is 0 Å². The normalized spacial score (nSPS) is 14.1. The molecule has 0 fully saturated rings. The van der Waals surface area contributed by atoms with Gasteiger partial charge in [-0.25, -0.2) is 0 Å². The minimum atomic E-state index is -4.84. The van der Waals surface area contributed by atoms with Crippen molar-refractivity contribution in [1.82, 2.24) is 0 Å². The summed E-state index contributed by atoms with van der Waals surface area (Å²) < 4.78 is 36.5. The fourth-order valence-electron chi connectivity index (χ4n) is 1.38. The van der Waals surface area contributed by atoms with Crippen molar-refractivity contribution in [2.75, 3.05) is 0 Å². The molecular weight excluding hydrogens is 192 g/mol. The van der Waals surface area contributed by atoms with Gasteiger partial charge in [0, 0.05) is 0 Å². The molecule has 0 amide bonds. The standard InChI is InChI=1S/C9H11BF3O/c1-7(14)9-5-3-2-4-8(9)6-10(11,12)13/h2-5,7,14H,6H2,1H3/q-1. The smallest absolute Gasteiger partial charge is 0.449 e. The summed E-state index contributed by atoms with van der Waals surface area (Å²) in [5, 5.41) is 9.24. The van der Waals surface area contributed by atoms with Crippen LogP contribution in [0.25, 0.3) is 0 Å². The molecule has 14 heavy (non-hydrogen) atoms. The maximum atomic E-state index is 12.2. The lowest BCUT2D eigenvalue weighted by Crippen LogP contribution is -2.20. The second-order valence-corrected chi connectivity index (χ2v) is 3.29. The number of halogens is 3. The molecule has 78 valence electrons. The molecule has 0 spiro atoms.